The molecular weight excluding hydrogens is 275 g/mol. The second-order valence-electron chi connectivity index (χ2n) is 3.57. The lowest BCUT2D eigenvalue weighted by Crippen LogP contribution is -2.02. The molecule has 0 amide bonds. The third kappa shape index (κ3) is 4.14. The van der Waals surface area contributed by atoms with Crippen molar-refractivity contribution in [3.05, 3.63) is 45.7 Å². The highest BCUT2D eigenvalue weighted by molar-refractivity contribution is 9.10. The van der Waals surface area contributed by atoms with Gasteiger partial charge in [-0.3, -0.25) is 0 Å². The summed E-state index contributed by atoms with van der Waals surface area (Å²) in [7, 11) is 0. The number of esters is 1. The van der Waals surface area contributed by atoms with Crippen molar-refractivity contribution in [3.63, 3.8) is 0 Å². The monoisotopic (exact) mass is 286 g/mol. The molecule has 4 heteroatoms. The quantitative estimate of drug-likeness (QED) is 0.627. The number of halogens is 2. The topological polar surface area (TPSA) is 26.3 Å². The van der Waals surface area contributed by atoms with Gasteiger partial charge in [-0.05, 0) is 26.0 Å². The number of carbonyl (C=O) groups excluding carboxylic acids is 1. The number of ether oxygens (including phenoxy) is 1. The summed E-state index contributed by atoms with van der Waals surface area (Å²) >= 11 is 3.20. The molecular formula is C12H12BrFO2. The van der Waals surface area contributed by atoms with Crippen molar-refractivity contribution < 1.29 is 13.9 Å². The summed E-state index contributed by atoms with van der Waals surface area (Å²) in [5.74, 6) is -0.720. The molecule has 0 radical (unpaired) electrons. The molecule has 0 aromatic heterocycles. The fourth-order valence-electron chi connectivity index (χ4n) is 1.06. The summed E-state index contributed by atoms with van der Waals surface area (Å²) in [6, 6.07) is 4.24. The van der Waals surface area contributed by atoms with Crippen molar-refractivity contribution in [1.29, 1.82) is 0 Å². The van der Waals surface area contributed by atoms with Crippen LogP contribution in [0, 0.1) is 5.82 Å². The van der Waals surface area contributed by atoms with E-state index in [1.807, 2.05) is 13.8 Å². The Balaban J connectivity index is 2.62. The first-order valence-electron chi connectivity index (χ1n) is 4.74. The molecule has 0 atom stereocenters. The molecule has 0 aliphatic carbocycles. The van der Waals surface area contributed by atoms with Crippen molar-refractivity contribution >= 4 is 21.9 Å². The molecule has 0 N–H and O–H groups in total. The van der Waals surface area contributed by atoms with E-state index in [2.05, 4.69) is 15.9 Å². The van der Waals surface area contributed by atoms with Gasteiger partial charge in [0.25, 0.3) is 0 Å². The Labute approximate surface area is 102 Å². The maximum Gasteiger partial charge on any atom is 0.331 e. The Morgan fingerprint density at radius 2 is 2.19 bits per heavy atom. The van der Waals surface area contributed by atoms with E-state index in [1.54, 1.807) is 6.07 Å². The van der Waals surface area contributed by atoms with Crippen LogP contribution < -0.4 is 0 Å². The van der Waals surface area contributed by atoms with Gasteiger partial charge in [0.05, 0.1) is 0 Å². The molecule has 0 spiro atoms. The summed E-state index contributed by atoms with van der Waals surface area (Å²) in [6.07, 6.45) is 1.41. The maximum absolute atomic E-state index is 12.8. The van der Waals surface area contributed by atoms with Crippen LogP contribution in [0.5, 0.6) is 0 Å². The van der Waals surface area contributed by atoms with Crippen LogP contribution in [-0.4, -0.2) is 5.97 Å². The van der Waals surface area contributed by atoms with E-state index in [0.29, 0.717) is 4.47 Å². The zero-order valence-electron chi connectivity index (χ0n) is 9.09. The number of rotatable bonds is 3. The molecule has 0 fully saturated rings. The number of carbonyl (C=O) groups is 1. The van der Waals surface area contributed by atoms with Crippen LogP contribution in [0.15, 0.2) is 34.3 Å². The molecule has 0 saturated carbocycles. The Bertz CT molecular complexity index is 423. The molecule has 0 saturated heterocycles. The van der Waals surface area contributed by atoms with Crippen LogP contribution in [0.2, 0.25) is 0 Å². The molecule has 0 aliphatic heterocycles. The standard InChI is InChI=1S/C12H12BrFO2/c1-8(2)5-12(15)16-7-9-3-4-10(14)6-11(9)13/h3-6H,7H2,1-2H3. The Morgan fingerprint density at radius 1 is 1.50 bits per heavy atom. The Hall–Kier alpha value is -1.16. The second kappa shape index (κ2) is 5.80. The van der Waals surface area contributed by atoms with E-state index in [9.17, 15) is 9.18 Å². The third-order valence-electron chi connectivity index (χ3n) is 1.79. The van der Waals surface area contributed by atoms with Crippen molar-refractivity contribution in [1.82, 2.24) is 0 Å². The van der Waals surface area contributed by atoms with Crippen LogP contribution in [0.1, 0.15) is 19.4 Å². The van der Waals surface area contributed by atoms with Crippen LogP contribution in [0.4, 0.5) is 4.39 Å². The van der Waals surface area contributed by atoms with Gasteiger partial charge in [0, 0.05) is 16.1 Å². The fraction of sp³-hybridized carbons (Fsp3) is 0.250. The normalized spacial score (nSPS) is 9.75. The summed E-state index contributed by atoms with van der Waals surface area (Å²) in [5, 5.41) is 0. The third-order valence-corrected chi connectivity index (χ3v) is 2.53. The van der Waals surface area contributed by atoms with Crippen LogP contribution in [0.3, 0.4) is 0 Å². The van der Waals surface area contributed by atoms with E-state index in [0.717, 1.165) is 11.1 Å². The van der Waals surface area contributed by atoms with Gasteiger partial charge in [0.1, 0.15) is 12.4 Å². The Kier molecular flexibility index (Phi) is 4.68. The Morgan fingerprint density at radius 3 is 2.75 bits per heavy atom. The molecule has 0 heterocycles. The number of hydrogen-bond acceptors (Lipinski definition) is 2. The summed E-state index contributed by atoms with van der Waals surface area (Å²) in [5.41, 5.74) is 1.61. The van der Waals surface area contributed by atoms with Gasteiger partial charge >= 0.3 is 5.97 Å². The first kappa shape index (κ1) is 12.9. The molecule has 0 unspecified atom stereocenters. The number of hydrogen-bond donors (Lipinski definition) is 0. The number of allylic oxidation sites excluding steroid dienone is 1. The predicted molar refractivity (Wildman–Crippen MR) is 63.3 cm³/mol. The highest BCUT2D eigenvalue weighted by Gasteiger charge is 2.04. The van der Waals surface area contributed by atoms with Crippen LogP contribution in [-0.2, 0) is 16.1 Å². The van der Waals surface area contributed by atoms with Crippen molar-refractivity contribution in [2.75, 3.05) is 0 Å². The molecule has 1 rings (SSSR count). The van der Waals surface area contributed by atoms with E-state index >= 15 is 0 Å². The maximum atomic E-state index is 12.8. The van der Waals surface area contributed by atoms with Gasteiger partial charge in [-0.15, -0.1) is 0 Å². The molecule has 1 aromatic carbocycles. The minimum Gasteiger partial charge on any atom is -0.458 e. The van der Waals surface area contributed by atoms with Gasteiger partial charge in [0.15, 0.2) is 0 Å². The largest absolute Gasteiger partial charge is 0.458 e. The van der Waals surface area contributed by atoms with Crippen molar-refractivity contribution in [2.24, 2.45) is 0 Å². The highest BCUT2D eigenvalue weighted by Crippen LogP contribution is 2.18. The molecule has 2 nitrogen and oxygen atoms in total. The van der Waals surface area contributed by atoms with E-state index in [-0.39, 0.29) is 12.4 Å². The van der Waals surface area contributed by atoms with Crippen molar-refractivity contribution in [3.8, 4) is 0 Å². The smallest absolute Gasteiger partial charge is 0.331 e. The van der Waals surface area contributed by atoms with Crippen molar-refractivity contribution in [2.45, 2.75) is 20.5 Å². The lowest BCUT2D eigenvalue weighted by Gasteiger charge is -2.05. The van der Waals surface area contributed by atoms with Gasteiger partial charge in [0.2, 0.25) is 0 Å². The van der Waals surface area contributed by atoms with E-state index < -0.39 is 5.97 Å². The fourth-order valence-corrected chi connectivity index (χ4v) is 1.53. The molecule has 16 heavy (non-hydrogen) atoms. The summed E-state index contributed by atoms with van der Waals surface area (Å²) in [4.78, 5) is 11.2. The van der Waals surface area contributed by atoms with Gasteiger partial charge in [-0.1, -0.05) is 27.6 Å². The molecule has 1 aromatic rings. The van der Waals surface area contributed by atoms with Gasteiger partial charge in [-0.2, -0.15) is 0 Å². The van der Waals surface area contributed by atoms with Crippen LogP contribution >= 0.6 is 15.9 Å². The summed E-state index contributed by atoms with van der Waals surface area (Å²) in [6.45, 7) is 3.76. The van der Waals surface area contributed by atoms with E-state index in [4.69, 9.17) is 4.74 Å². The first-order chi connectivity index (χ1) is 7.49. The minimum atomic E-state index is -0.392. The number of benzene rings is 1. The molecule has 86 valence electrons. The first-order valence-corrected chi connectivity index (χ1v) is 5.54. The van der Waals surface area contributed by atoms with Gasteiger partial charge in [-0.25, -0.2) is 9.18 Å². The lowest BCUT2D eigenvalue weighted by atomic mass is 10.2. The zero-order valence-corrected chi connectivity index (χ0v) is 10.7. The lowest BCUT2D eigenvalue weighted by molar-refractivity contribution is -0.139. The van der Waals surface area contributed by atoms with Crippen LogP contribution in [0.25, 0.3) is 0 Å². The zero-order chi connectivity index (χ0) is 12.1. The van der Waals surface area contributed by atoms with E-state index in [1.165, 1.54) is 18.2 Å². The average Bonchev–Trinajstić information content (AvgIpc) is 2.15. The van der Waals surface area contributed by atoms with Gasteiger partial charge < -0.3 is 4.74 Å². The second-order valence-corrected chi connectivity index (χ2v) is 4.42. The average molecular weight is 287 g/mol. The minimum absolute atomic E-state index is 0.128. The highest BCUT2D eigenvalue weighted by atomic mass is 79.9. The molecule has 0 aliphatic rings. The summed E-state index contributed by atoms with van der Waals surface area (Å²) < 4.78 is 18.4. The predicted octanol–water partition coefficient (Wildman–Crippen LogP) is 3.60. The SMILES string of the molecule is CC(C)=CC(=O)OCc1ccc(F)cc1Br. The molecule has 0 bridgehead atoms.